The highest BCUT2D eigenvalue weighted by molar-refractivity contribution is 7.80. The number of benzene rings is 1. The predicted octanol–water partition coefficient (Wildman–Crippen LogP) is 3.19. The molecule has 0 saturated carbocycles. The number of hydrogen-bond donors (Lipinski definition) is 1. The van der Waals surface area contributed by atoms with Crippen molar-refractivity contribution in [2.45, 2.75) is 12.6 Å². The molecule has 0 saturated heterocycles. The van der Waals surface area contributed by atoms with Gasteiger partial charge in [-0.05, 0) is 29.9 Å². The lowest BCUT2D eigenvalue weighted by Crippen LogP contribution is -2.07. The van der Waals surface area contributed by atoms with Crippen LogP contribution in [0.25, 0.3) is 0 Å². The van der Waals surface area contributed by atoms with Crippen LogP contribution in [0, 0.1) is 0 Å². The maximum atomic E-state index is 12.5. The Bertz CT molecular complexity index is 336. The van der Waals surface area contributed by atoms with Gasteiger partial charge >= 0.3 is 6.18 Å². The summed E-state index contributed by atoms with van der Waals surface area (Å²) < 4.78 is 42.1. The van der Waals surface area contributed by atoms with E-state index in [0.29, 0.717) is 12.2 Å². The van der Waals surface area contributed by atoms with Gasteiger partial charge in [-0.15, -0.1) is 0 Å². The quantitative estimate of drug-likeness (QED) is 0.793. The molecule has 0 amide bonds. The van der Waals surface area contributed by atoms with E-state index in [1.165, 1.54) is 19.2 Å². The number of aryl methyl sites for hydroxylation is 1. The van der Waals surface area contributed by atoms with Crippen LogP contribution >= 0.6 is 12.6 Å². The highest BCUT2D eigenvalue weighted by Gasteiger charge is 2.34. The van der Waals surface area contributed by atoms with E-state index in [-0.39, 0.29) is 5.75 Å². The van der Waals surface area contributed by atoms with Gasteiger partial charge in [0, 0.05) is 0 Å². The van der Waals surface area contributed by atoms with Crippen LogP contribution in [0.15, 0.2) is 18.2 Å². The molecule has 0 bridgehead atoms. The normalized spacial score (nSPS) is 11.5. The molecule has 5 heteroatoms. The summed E-state index contributed by atoms with van der Waals surface area (Å²) in [7, 11) is 1.23. The van der Waals surface area contributed by atoms with Crippen LogP contribution in [-0.4, -0.2) is 12.9 Å². The Hall–Kier alpha value is -0.840. The second-order valence-electron chi connectivity index (χ2n) is 3.01. The smallest absolute Gasteiger partial charge is 0.419 e. The highest BCUT2D eigenvalue weighted by Crippen LogP contribution is 2.36. The monoisotopic (exact) mass is 236 g/mol. The van der Waals surface area contributed by atoms with Crippen molar-refractivity contribution in [1.82, 2.24) is 0 Å². The van der Waals surface area contributed by atoms with Crippen molar-refractivity contribution in [1.29, 1.82) is 0 Å². The summed E-state index contributed by atoms with van der Waals surface area (Å²) in [6.45, 7) is 0. The zero-order valence-corrected chi connectivity index (χ0v) is 9.03. The third-order valence-corrected chi connectivity index (χ3v) is 2.20. The second kappa shape index (κ2) is 4.79. The third kappa shape index (κ3) is 3.06. The van der Waals surface area contributed by atoms with E-state index >= 15 is 0 Å². The summed E-state index contributed by atoms with van der Waals surface area (Å²) in [4.78, 5) is 0. The van der Waals surface area contributed by atoms with E-state index in [9.17, 15) is 13.2 Å². The molecule has 0 heterocycles. The average molecular weight is 236 g/mol. The fourth-order valence-corrected chi connectivity index (χ4v) is 1.51. The first-order valence-corrected chi connectivity index (χ1v) is 4.97. The molecule has 15 heavy (non-hydrogen) atoms. The zero-order valence-electron chi connectivity index (χ0n) is 8.14. The summed E-state index contributed by atoms with van der Waals surface area (Å²) in [6, 6.07) is 3.89. The number of hydrogen-bond acceptors (Lipinski definition) is 2. The van der Waals surface area contributed by atoms with Crippen molar-refractivity contribution < 1.29 is 17.9 Å². The summed E-state index contributed by atoms with van der Waals surface area (Å²) in [5, 5.41) is 0. The van der Waals surface area contributed by atoms with Gasteiger partial charge in [-0.1, -0.05) is 6.07 Å². The number of methoxy groups -OCH3 is 1. The van der Waals surface area contributed by atoms with E-state index in [2.05, 4.69) is 12.6 Å². The maximum Gasteiger partial charge on any atom is 0.419 e. The van der Waals surface area contributed by atoms with E-state index in [4.69, 9.17) is 4.74 Å². The fourth-order valence-electron chi connectivity index (χ4n) is 1.25. The minimum atomic E-state index is -4.37. The Morgan fingerprint density at radius 3 is 2.47 bits per heavy atom. The third-order valence-electron chi connectivity index (χ3n) is 1.97. The van der Waals surface area contributed by atoms with E-state index < -0.39 is 11.7 Å². The first-order valence-electron chi connectivity index (χ1n) is 4.34. The first kappa shape index (κ1) is 12.2. The predicted molar refractivity (Wildman–Crippen MR) is 55.6 cm³/mol. The standard InChI is InChI=1S/C10H11F3OS/c1-14-9-6-7(4-5-15)2-3-8(9)10(11,12)13/h2-3,6,15H,4-5H2,1H3. The molecule has 84 valence electrons. The molecule has 1 aromatic rings. The minimum absolute atomic E-state index is 0.137. The first-order chi connectivity index (χ1) is 6.99. The lowest BCUT2D eigenvalue weighted by molar-refractivity contribution is -0.138. The van der Waals surface area contributed by atoms with Crippen LogP contribution in [0.5, 0.6) is 5.75 Å². The van der Waals surface area contributed by atoms with E-state index in [1.807, 2.05) is 0 Å². The number of halogens is 3. The minimum Gasteiger partial charge on any atom is -0.496 e. The van der Waals surface area contributed by atoms with Gasteiger partial charge in [-0.3, -0.25) is 0 Å². The summed E-state index contributed by atoms with van der Waals surface area (Å²) in [5.41, 5.74) is 0.0442. The molecule has 0 aromatic heterocycles. The van der Waals surface area contributed by atoms with E-state index in [1.54, 1.807) is 0 Å². The number of ether oxygens (including phenoxy) is 1. The van der Waals surface area contributed by atoms with Crippen LogP contribution in [0.1, 0.15) is 11.1 Å². The fraction of sp³-hybridized carbons (Fsp3) is 0.400. The molecule has 0 atom stereocenters. The molecule has 1 rings (SSSR count). The van der Waals surface area contributed by atoms with Crippen LogP contribution in [0.2, 0.25) is 0 Å². The largest absolute Gasteiger partial charge is 0.496 e. The molecular weight excluding hydrogens is 225 g/mol. The number of alkyl halides is 3. The highest BCUT2D eigenvalue weighted by atomic mass is 32.1. The van der Waals surface area contributed by atoms with Gasteiger partial charge in [0.2, 0.25) is 0 Å². The Morgan fingerprint density at radius 2 is 2.00 bits per heavy atom. The average Bonchev–Trinajstić information content (AvgIpc) is 2.16. The summed E-state index contributed by atoms with van der Waals surface area (Å²) in [6.07, 6.45) is -3.75. The Morgan fingerprint density at radius 1 is 1.33 bits per heavy atom. The number of rotatable bonds is 3. The van der Waals surface area contributed by atoms with Gasteiger partial charge < -0.3 is 4.74 Å². The molecular formula is C10H11F3OS. The van der Waals surface area contributed by atoms with Gasteiger partial charge in [0.1, 0.15) is 5.75 Å². The summed E-state index contributed by atoms with van der Waals surface area (Å²) in [5.74, 6) is 0.455. The molecule has 0 radical (unpaired) electrons. The van der Waals surface area contributed by atoms with Crippen LogP contribution in [0.3, 0.4) is 0 Å². The molecule has 1 nitrogen and oxygen atoms in total. The van der Waals surface area contributed by atoms with Crippen molar-refractivity contribution in [3.05, 3.63) is 29.3 Å². The van der Waals surface area contributed by atoms with Crippen molar-refractivity contribution in [3.8, 4) is 5.75 Å². The van der Waals surface area contributed by atoms with Crippen LogP contribution in [-0.2, 0) is 12.6 Å². The van der Waals surface area contributed by atoms with Crippen molar-refractivity contribution in [2.75, 3.05) is 12.9 Å². The molecule has 0 N–H and O–H groups in total. The molecule has 0 aliphatic carbocycles. The lowest BCUT2D eigenvalue weighted by Gasteiger charge is -2.12. The number of thiol groups is 1. The van der Waals surface area contributed by atoms with Gasteiger partial charge in [-0.25, -0.2) is 0 Å². The second-order valence-corrected chi connectivity index (χ2v) is 3.45. The molecule has 0 spiro atoms. The summed E-state index contributed by atoms with van der Waals surface area (Å²) >= 11 is 4.02. The van der Waals surface area contributed by atoms with Crippen LogP contribution < -0.4 is 4.74 Å². The van der Waals surface area contributed by atoms with Crippen molar-refractivity contribution in [3.63, 3.8) is 0 Å². The lowest BCUT2D eigenvalue weighted by atomic mass is 10.1. The van der Waals surface area contributed by atoms with Gasteiger partial charge in [-0.2, -0.15) is 25.8 Å². The van der Waals surface area contributed by atoms with Crippen molar-refractivity contribution >= 4 is 12.6 Å². The van der Waals surface area contributed by atoms with Crippen molar-refractivity contribution in [2.24, 2.45) is 0 Å². The molecule has 0 fully saturated rings. The molecule has 0 unspecified atom stereocenters. The maximum absolute atomic E-state index is 12.5. The Labute approximate surface area is 91.7 Å². The SMILES string of the molecule is COc1cc(CCS)ccc1C(F)(F)F. The van der Waals surface area contributed by atoms with Gasteiger partial charge in [0.05, 0.1) is 12.7 Å². The van der Waals surface area contributed by atoms with E-state index in [0.717, 1.165) is 11.6 Å². The molecule has 0 aliphatic heterocycles. The van der Waals surface area contributed by atoms with Crippen LogP contribution in [0.4, 0.5) is 13.2 Å². The topological polar surface area (TPSA) is 9.23 Å². The Balaban J connectivity index is 3.09. The van der Waals surface area contributed by atoms with Gasteiger partial charge in [0.25, 0.3) is 0 Å². The Kier molecular flexibility index (Phi) is 3.90. The van der Waals surface area contributed by atoms with Gasteiger partial charge in [0.15, 0.2) is 0 Å². The molecule has 1 aromatic carbocycles. The molecule has 0 aliphatic rings. The zero-order chi connectivity index (χ0) is 11.5.